The summed E-state index contributed by atoms with van der Waals surface area (Å²) < 4.78 is 0. The molecule has 0 unspecified atom stereocenters. The maximum Gasteiger partial charge on any atom is 0.104 e. The van der Waals surface area contributed by atoms with Crippen LogP contribution in [0.25, 0.3) is 0 Å². The first kappa shape index (κ1) is 10.4. The number of amidine groups is 1. The van der Waals surface area contributed by atoms with Crippen LogP contribution in [0.15, 0.2) is 34.2 Å². The molecule has 0 aromatic heterocycles. The highest BCUT2D eigenvalue weighted by Gasteiger charge is 1.96. The molecule has 70 valence electrons. The van der Waals surface area contributed by atoms with E-state index in [1.54, 1.807) is 18.8 Å². The SMILES string of the molecule is CN=C(N)CSc1cccc(Cl)c1. The van der Waals surface area contributed by atoms with E-state index in [1.807, 2.05) is 24.3 Å². The molecule has 0 saturated heterocycles. The zero-order valence-corrected chi connectivity index (χ0v) is 8.90. The number of aliphatic imine (C=N–C) groups is 1. The van der Waals surface area contributed by atoms with Gasteiger partial charge in [-0.1, -0.05) is 17.7 Å². The number of hydrogen-bond acceptors (Lipinski definition) is 2. The largest absolute Gasteiger partial charge is 0.387 e. The van der Waals surface area contributed by atoms with Gasteiger partial charge < -0.3 is 5.73 Å². The van der Waals surface area contributed by atoms with Gasteiger partial charge in [0.25, 0.3) is 0 Å². The van der Waals surface area contributed by atoms with Crippen molar-refractivity contribution in [1.82, 2.24) is 0 Å². The minimum atomic E-state index is 0.643. The van der Waals surface area contributed by atoms with Crippen LogP contribution in [0, 0.1) is 0 Å². The maximum absolute atomic E-state index is 5.82. The van der Waals surface area contributed by atoms with Gasteiger partial charge in [-0.3, -0.25) is 4.99 Å². The number of rotatable bonds is 3. The van der Waals surface area contributed by atoms with E-state index in [0.29, 0.717) is 11.6 Å². The third kappa shape index (κ3) is 3.70. The molecule has 0 bridgehead atoms. The molecule has 4 heteroatoms. The van der Waals surface area contributed by atoms with Crippen LogP contribution in [0.2, 0.25) is 5.02 Å². The van der Waals surface area contributed by atoms with Crippen molar-refractivity contribution in [3.8, 4) is 0 Å². The van der Waals surface area contributed by atoms with Crippen molar-refractivity contribution in [1.29, 1.82) is 0 Å². The second kappa shape index (κ2) is 5.14. The van der Waals surface area contributed by atoms with E-state index < -0.39 is 0 Å². The van der Waals surface area contributed by atoms with Crippen molar-refractivity contribution in [2.75, 3.05) is 12.8 Å². The number of nitrogens with two attached hydrogens (primary N) is 1. The highest BCUT2D eigenvalue weighted by molar-refractivity contribution is 8.00. The fourth-order valence-electron chi connectivity index (χ4n) is 0.779. The average Bonchev–Trinajstić information content (AvgIpc) is 2.14. The summed E-state index contributed by atoms with van der Waals surface area (Å²) in [7, 11) is 1.69. The standard InChI is InChI=1S/C9H11ClN2S/c1-12-9(11)6-13-8-4-2-3-7(10)5-8/h2-5H,6H2,1H3,(H2,11,12). The molecule has 0 aliphatic carbocycles. The molecule has 0 fully saturated rings. The quantitative estimate of drug-likeness (QED) is 0.477. The van der Waals surface area contributed by atoms with Gasteiger partial charge in [0.05, 0.1) is 5.75 Å². The maximum atomic E-state index is 5.82. The van der Waals surface area contributed by atoms with Crippen LogP contribution in [-0.4, -0.2) is 18.6 Å². The molecule has 0 heterocycles. The Bertz CT molecular complexity index is 312. The van der Waals surface area contributed by atoms with Crippen LogP contribution >= 0.6 is 23.4 Å². The molecular weight excluding hydrogens is 204 g/mol. The van der Waals surface area contributed by atoms with Crippen LogP contribution in [0.4, 0.5) is 0 Å². The third-order valence-electron chi connectivity index (χ3n) is 1.47. The van der Waals surface area contributed by atoms with E-state index in [1.165, 1.54) is 0 Å². The van der Waals surface area contributed by atoms with Crippen molar-refractivity contribution in [2.24, 2.45) is 10.7 Å². The normalized spacial score (nSPS) is 11.7. The Balaban J connectivity index is 2.55. The van der Waals surface area contributed by atoms with E-state index in [9.17, 15) is 0 Å². The molecule has 0 saturated carbocycles. The van der Waals surface area contributed by atoms with Gasteiger partial charge in [-0.05, 0) is 18.2 Å². The third-order valence-corrected chi connectivity index (χ3v) is 2.73. The summed E-state index contributed by atoms with van der Waals surface area (Å²) in [5.41, 5.74) is 5.56. The number of nitrogens with zero attached hydrogens (tertiary/aromatic N) is 1. The summed E-state index contributed by atoms with van der Waals surface area (Å²) >= 11 is 7.45. The summed E-state index contributed by atoms with van der Waals surface area (Å²) in [4.78, 5) is 4.98. The minimum Gasteiger partial charge on any atom is -0.387 e. The zero-order valence-electron chi connectivity index (χ0n) is 7.33. The van der Waals surface area contributed by atoms with Gasteiger partial charge in [0.15, 0.2) is 0 Å². The molecule has 2 nitrogen and oxygen atoms in total. The van der Waals surface area contributed by atoms with Gasteiger partial charge >= 0.3 is 0 Å². The van der Waals surface area contributed by atoms with E-state index in [0.717, 1.165) is 9.92 Å². The summed E-state index contributed by atoms with van der Waals surface area (Å²) in [6.07, 6.45) is 0. The second-order valence-electron chi connectivity index (χ2n) is 2.46. The summed E-state index contributed by atoms with van der Waals surface area (Å²) in [6.45, 7) is 0. The predicted molar refractivity (Wildman–Crippen MR) is 59.7 cm³/mol. The highest BCUT2D eigenvalue weighted by atomic mass is 35.5. The van der Waals surface area contributed by atoms with E-state index >= 15 is 0 Å². The Morgan fingerprint density at radius 1 is 1.62 bits per heavy atom. The van der Waals surface area contributed by atoms with Gasteiger partial charge in [-0.2, -0.15) is 0 Å². The molecule has 0 radical (unpaired) electrons. The highest BCUT2D eigenvalue weighted by Crippen LogP contribution is 2.20. The van der Waals surface area contributed by atoms with Crippen molar-refractivity contribution >= 4 is 29.2 Å². The molecule has 0 spiro atoms. The molecule has 2 N–H and O–H groups in total. The molecule has 0 aliphatic rings. The summed E-state index contributed by atoms with van der Waals surface area (Å²) in [5, 5.41) is 0.747. The Labute approximate surface area is 87.2 Å². The Morgan fingerprint density at radius 2 is 2.38 bits per heavy atom. The number of halogens is 1. The lowest BCUT2D eigenvalue weighted by Gasteiger charge is -2.00. The molecule has 0 atom stereocenters. The zero-order chi connectivity index (χ0) is 9.68. The minimum absolute atomic E-state index is 0.643. The van der Waals surface area contributed by atoms with Crippen LogP contribution in [-0.2, 0) is 0 Å². The molecule has 1 aromatic carbocycles. The Morgan fingerprint density at radius 3 is 3.00 bits per heavy atom. The lowest BCUT2D eigenvalue weighted by molar-refractivity contribution is 1.38. The van der Waals surface area contributed by atoms with E-state index in [2.05, 4.69) is 4.99 Å². The van der Waals surface area contributed by atoms with Gasteiger partial charge in [0, 0.05) is 17.0 Å². The first-order valence-corrected chi connectivity index (χ1v) is 5.18. The number of thioether (sulfide) groups is 1. The lowest BCUT2D eigenvalue weighted by atomic mass is 10.4. The Hall–Kier alpha value is -0.670. The fourth-order valence-corrected chi connectivity index (χ4v) is 1.86. The average molecular weight is 215 g/mol. The van der Waals surface area contributed by atoms with Crippen molar-refractivity contribution in [3.63, 3.8) is 0 Å². The van der Waals surface area contributed by atoms with Gasteiger partial charge in [0.1, 0.15) is 5.84 Å². The van der Waals surface area contributed by atoms with E-state index in [-0.39, 0.29) is 0 Å². The first-order chi connectivity index (χ1) is 6.22. The van der Waals surface area contributed by atoms with Gasteiger partial charge in [-0.15, -0.1) is 11.8 Å². The number of hydrogen-bond donors (Lipinski definition) is 1. The Kier molecular flexibility index (Phi) is 4.12. The van der Waals surface area contributed by atoms with Crippen molar-refractivity contribution in [3.05, 3.63) is 29.3 Å². The van der Waals surface area contributed by atoms with Crippen LogP contribution in [0.3, 0.4) is 0 Å². The monoisotopic (exact) mass is 214 g/mol. The molecule has 0 amide bonds. The second-order valence-corrected chi connectivity index (χ2v) is 3.95. The van der Waals surface area contributed by atoms with E-state index in [4.69, 9.17) is 17.3 Å². The summed E-state index contributed by atoms with van der Waals surface area (Å²) in [6, 6.07) is 7.68. The smallest absolute Gasteiger partial charge is 0.104 e. The van der Waals surface area contributed by atoms with Crippen LogP contribution in [0.5, 0.6) is 0 Å². The fraction of sp³-hybridized carbons (Fsp3) is 0.222. The molecule has 1 rings (SSSR count). The number of benzene rings is 1. The van der Waals surface area contributed by atoms with Crippen LogP contribution < -0.4 is 5.73 Å². The van der Waals surface area contributed by atoms with Gasteiger partial charge in [0.2, 0.25) is 0 Å². The van der Waals surface area contributed by atoms with Crippen molar-refractivity contribution < 1.29 is 0 Å². The topological polar surface area (TPSA) is 38.4 Å². The summed E-state index contributed by atoms with van der Waals surface area (Å²) in [5.74, 6) is 1.35. The molecule has 1 aromatic rings. The molecular formula is C9H11ClN2S. The molecule has 0 aliphatic heterocycles. The molecule has 13 heavy (non-hydrogen) atoms. The first-order valence-electron chi connectivity index (χ1n) is 3.82. The van der Waals surface area contributed by atoms with Crippen molar-refractivity contribution in [2.45, 2.75) is 4.90 Å². The lowest BCUT2D eigenvalue weighted by Crippen LogP contribution is -2.13. The van der Waals surface area contributed by atoms with Crippen LogP contribution in [0.1, 0.15) is 0 Å². The predicted octanol–water partition coefficient (Wildman–Crippen LogP) is 2.42. The van der Waals surface area contributed by atoms with Gasteiger partial charge in [-0.25, -0.2) is 0 Å².